The lowest BCUT2D eigenvalue weighted by molar-refractivity contribution is -0.131. The second-order valence-corrected chi connectivity index (χ2v) is 4.24. The van der Waals surface area contributed by atoms with Gasteiger partial charge in [0.2, 0.25) is 5.91 Å². The maximum absolute atomic E-state index is 11.8. The van der Waals surface area contributed by atoms with Crippen LogP contribution in [0.5, 0.6) is 0 Å². The predicted molar refractivity (Wildman–Crippen MR) is 61.6 cm³/mol. The van der Waals surface area contributed by atoms with Crippen LogP contribution in [0.3, 0.4) is 0 Å². The van der Waals surface area contributed by atoms with E-state index in [9.17, 15) is 4.79 Å². The molecule has 0 radical (unpaired) electrons. The molecule has 4 heteroatoms. The topological polar surface area (TPSA) is 58.4 Å². The highest BCUT2D eigenvalue weighted by Crippen LogP contribution is 2.10. The molecule has 88 valence electrons. The van der Waals surface area contributed by atoms with Crippen molar-refractivity contribution in [1.82, 2.24) is 10.2 Å². The molecule has 0 spiro atoms. The Hall–Kier alpha value is -0.610. The number of nitrogens with one attached hydrogen (secondary N) is 1. The zero-order valence-electron chi connectivity index (χ0n) is 9.67. The molecule has 3 N–H and O–H groups in total. The summed E-state index contributed by atoms with van der Waals surface area (Å²) in [5.41, 5.74) is 5.87. The molecule has 1 unspecified atom stereocenters. The third-order valence-corrected chi connectivity index (χ3v) is 2.93. The first-order chi connectivity index (χ1) is 7.25. The number of unbranched alkanes of at least 4 members (excludes halogenated alkanes) is 1. The number of nitrogens with two attached hydrogens (primary N) is 1. The summed E-state index contributed by atoms with van der Waals surface area (Å²) < 4.78 is 0. The second-order valence-electron chi connectivity index (χ2n) is 4.24. The summed E-state index contributed by atoms with van der Waals surface area (Å²) in [6.07, 6.45) is 5.21. The fraction of sp³-hybridized carbons (Fsp3) is 0.909. The Balaban J connectivity index is 2.14. The lowest BCUT2D eigenvalue weighted by Crippen LogP contribution is -2.42. The molecule has 1 rings (SSSR count). The van der Waals surface area contributed by atoms with Gasteiger partial charge in [-0.25, -0.2) is 0 Å². The first-order valence-corrected chi connectivity index (χ1v) is 5.94. The standard InChI is InChI=1S/C11H23N3O/c1-13-7-3-2-6-10(12)11(15)14-8-4-5-9-14/h10,13H,2-9,12H2,1H3. The molecule has 1 aliphatic rings. The average molecular weight is 213 g/mol. The zero-order chi connectivity index (χ0) is 11.1. The predicted octanol–water partition coefficient (Wildman–Crippen LogP) is 0.326. The van der Waals surface area contributed by atoms with E-state index in [1.54, 1.807) is 0 Å². The summed E-state index contributed by atoms with van der Waals surface area (Å²) in [5.74, 6) is 0.150. The van der Waals surface area contributed by atoms with Gasteiger partial charge in [-0.1, -0.05) is 6.42 Å². The Morgan fingerprint density at radius 2 is 2.07 bits per heavy atom. The van der Waals surface area contributed by atoms with Gasteiger partial charge < -0.3 is 16.0 Å². The minimum atomic E-state index is -0.278. The molecule has 0 aromatic rings. The van der Waals surface area contributed by atoms with Gasteiger partial charge in [0.15, 0.2) is 0 Å². The summed E-state index contributed by atoms with van der Waals surface area (Å²) in [7, 11) is 1.94. The molecule has 1 amide bonds. The number of nitrogens with zero attached hydrogens (tertiary/aromatic N) is 1. The smallest absolute Gasteiger partial charge is 0.239 e. The summed E-state index contributed by atoms with van der Waals surface area (Å²) in [4.78, 5) is 13.7. The van der Waals surface area contributed by atoms with Crippen LogP contribution in [-0.4, -0.2) is 43.5 Å². The van der Waals surface area contributed by atoms with Gasteiger partial charge in [0.25, 0.3) is 0 Å². The van der Waals surface area contributed by atoms with Crippen molar-refractivity contribution in [2.45, 2.75) is 38.1 Å². The number of carbonyl (C=O) groups is 1. The molecule has 4 nitrogen and oxygen atoms in total. The summed E-state index contributed by atoms with van der Waals surface area (Å²) in [5, 5.41) is 3.09. The zero-order valence-corrected chi connectivity index (χ0v) is 9.67. The Kier molecular flexibility index (Phi) is 5.65. The van der Waals surface area contributed by atoms with Crippen molar-refractivity contribution < 1.29 is 4.79 Å². The maximum Gasteiger partial charge on any atom is 0.239 e. The van der Waals surface area contributed by atoms with Gasteiger partial charge in [-0.15, -0.1) is 0 Å². The van der Waals surface area contributed by atoms with Crippen LogP contribution >= 0.6 is 0 Å². The van der Waals surface area contributed by atoms with Gasteiger partial charge in [0.05, 0.1) is 6.04 Å². The van der Waals surface area contributed by atoms with Crippen LogP contribution in [0.25, 0.3) is 0 Å². The molecule has 0 aromatic heterocycles. The van der Waals surface area contributed by atoms with E-state index >= 15 is 0 Å². The highest BCUT2D eigenvalue weighted by atomic mass is 16.2. The minimum absolute atomic E-state index is 0.150. The second kappa shape index (κ2) is 6.80. The maximum atomic E-state index is 11.8. The fourth-order valence-corrected chi connectivity index (χ4v) is 1.96. The molecular weight excluding hydrogens is 190 g/mol. The highest BCUT2D eigenvalue weighted by molar-refractivity contribution is 5.81. The normalized spacial score (nSPS) is 18.1. The number of amides is 1. The highest BCUT2D eigenvalue weighted by Gasteiger charge is 2.22. The van der Waals surface area contributed by atoms with E-state index in [0.29, 0.717) is 0 Å². The number of rotatable bonds is 6. The van der Waals surface area contributed by atoms with E-state index in [0.717, 1.165) is 51.7 Å². The molecule has 1 aliphatic heterocycles. The van der Waals surface area contributed by atoms with E-state index in [4.69, 9.17) is 5.73 Å². The summed E-state index contributed by atoms with van der Waals surface area (Å²) in [6.45, 7) is 2.82. The van der Waals surface area contributed by atoms with Crippen molar-refractivity contribution >= 4 is 5.91 Å². The van der Waals surface area contributed by atoms with Crippen molar-refractivity contribution in [3.05, 3.63) is 0 Å². The molecule has 0 bridgehead atoms. The SMILES string of the molecule is CNCCCCC(N)C(=O)N1CCCC1. The molecule has 0 aromatic carbocycles. The van der Waals surface area contributed by atoms with Crippen molar-refractivity contribution in [3.63, 3.8) is 0 Å². The molecule has 1 saturated heterocycles. The van der Waals surface area contributed by atoms with E-state index in [-0.39, 0.29) is 11.9 Å². The largest absolute Gasteiger partial charge is 0.341 e. The third-order valence-electron chi connectivity index (χ3n) is 2.93. The molecule has 1 fully saturated rings. The molecule has 1 heterocycles. The number of hydrogen-bond acceptors (Lipinski definition) is 3. The fourth-order valence-electron chi connectivity index (χ4n) is 1.96. The van der Waals surface area contributed by atoms with Crippen LogP contribution in [0, 0.1) is 0 Å². The van der Waals surface area contributed by atoms with Crippen LogP contribution < -0.4 is 11.1 Å². The first kappa shape index (κ1) is 12.5. The summed E-state index contributed by atoms with van der Waals surface area (Å²) >= 11 is 0. The molecule has 0 aliphatic carbocycles. The van der Waals surface area contributed by atoms with E-state index in [2.05, 4.69) is 5.32 Å². The number of likely N-dealkylation sites (tertiary alicyclic amines) is 1. The van der Waals surface area contributed by atoms with E-state index < -0.39 is 0 Å². The van der Waals surface area contributed by atoms with Crippen LogP contribution in [-0.2, 0) is 4.79 Å². The van der Waals surface area contributed by atoms with Crippen molar-refractivity contribution in [2.75, 3.05) is 26.7 Å². The van der Waals surface area contributed by atoms with Gasteiger partial charge in [-0.05, 0) is 39.3 Å². The van der Waals surface area contributed by atoms with Crippen LogP contribution in [0.1, 0.15) is 32.1 Å². The molecule has 1 atom stereocenters. The lowest BCUT2D eigenvalue weighted by atomic mass is 10.1. The minimum Gasteiger partial charge on any atom is -0.341 e. The Labute approximate surface area is 92.2 Å². The van der Waals surface area contributed by atoms with Gasteiger partial charge in [0, 0.05) is 13.1 Å². The van der Waals surface area contributed by atoms with Crippen LogP contribution in [0.15, 0.2) is 0 Å². The monoisotopic (exact) mass is 213 g/mol. The van der Waals surface area contributed by atoms with Crippen molar-refractivity contribution in [3.8, 4) is 0 Å². The Morgan fingerprint density at radius 1 is 1.40 bits per heavy atom. The summed E-state index contributed by atoms with van der Waals surface area (Å²) in [6, 6.07) is -0.278. The average Bonchev–Trinajstić information content (AvgIpc) is 2.76. The van der Waals surface area contributed by atoms with Crippen molar-refractivity contribution in [2.24, 2.45) is 5.73 Å². The first-order valence-electron chi connectivity index (χ1n) is 5.94. The number of hydrogen-bond donors (Lipinski definition) is 2. The Bertz CT molecular complexity index is 190. The Morgan fingerprint density at radius 3 is 2.67 bits per heavy atom. The molecule has 15 heavy (non-hydrogen) atoms. The van der Waals surface area contributed by atoms with E-state index in [1.165, 1.54) is 0 Å². The van der Waals surface area contributed by atoms with Gasteiger partial charge >= 0.3 is 0 Å². The van der Waals surface area contributed by atoms with Crippen molar-refractivity contribution in [1.29, 1.82) is 0 Å². The van der Waals surface area contributed by atoms with Gasteiger partial charge in [-0.2, -0.15) is 0 Å². The van der Waals surface area contributed by atoms with Crippen LogP contribution in [0.4, 0.5) is 0 Å². The quantitative estimate of drug-likeness (QED) is 0.625. The molecule has 0 saturated carbocycles. The van der Waals surface area contributed by atoms with Gasteiger partial charge in [-0.3, -0.25) is 4.79 Å². The lowest BCUT2D eigenvalue weighted by Gasteiger charge is -2.20. The van der Waals surface area contributed by atoms with E-state index in [1.807, 2.05) is 11.9 Å². The third kappa shape index (κ3) is 4.18. The number of carbonyl (C=O) groups excluding carboxylic acids is 1. The van der Waals surface area contributed by atoms with Crippen LogP contribution in [0.2, 0.25) is 0 Å². The van der Waals surface area contributed by atoms with Gasteiger partial charge in [0.1, 0.15) is 0 Å². The molecular formula is C11H23N3O.